The maximum atomic E-state index is 13.7. The molecule has 0 spiro atoms. The number of hydrogen-bond donors (Lipinski definition) is 1. The van der Waals surface area contributed by atoms with E-state index in [9.17, 15) is 13.2 Å². The third-order valence-corrected chi connectivity index (χ3v) is 9.23. The first-order chi connectivity index (χ1) is 17.8. The van der Waals surface area contributed by atoms with E-state index in [2.05, 4.69) is 19.2 Å². The fourth-order valence-corrected chi connectivity index (χ4v) is 6.57. The van der Waals surface area contributed by atoms with E-state index < -0.39 is 16.1 Å². The summed E-state index contributed by atoms with van der Waals surface area (Å²) in [6.45, 7) is 5.95. The van der Waals surface area contributed by atoms with E-state index in [1.54, 1.807) is 48.5 Å². The lowest BCUT2D eigenvalue weighted by Crippen LogP contribution is -2.52. The number of carbonyl (C=O) groups excluding carboxylic acids is 1. The predicted molar refractivity (Wildman–Crippen MR) is 142 cm³/mol. The number of rotatable bonds is 6. The van der Waals surface area contributed by atoms with E-state index in [1.165, 1.54) is 4.31 Å². The van der Waals surface area contributed by atoms with Crippen LogP contribution in [0.15, 0.2) is 77.7 Å². The highest BCUT2D eigenvalue weighted by Gasteiger charge is 2.42. The predicted octanol–water partition coefficient (Wildman–Crippen LogP) is 5.15. The third kappa shape index (κ3) is 4.66. The molecule has 0 radical (unpaired) electrons. The average molecular weight is 521 g/mol. The van der Waals surface area contributed by atoms with Crippen molar-refractivity contribution in [2.24, 2.45) is 0 Å². The maximum Gasteiger partial charge on any atom is 0.264 e. The minimum absolute atomic E-state index is 0.128. The highest BCUT2D eigenvalue weighted by atomic mass is 32.2. The SMILES string of the molecule is CCC1(CC)C[C@H](NC(=O)[C@@H]2CN(S(=O)(=O)c3ccc(C)cc3)c3ccccc3O2)c2ccccc2O1. The Labute approximate surface area is 218 Å². The van der Waals surface area contributed by atoms with Crippen molar-refractivity contribution in [2.45, 2.75) is 62.7 Å². The number of sulfonamides is 1. The number of anilines is 1. The van der Waals surface area contributed by atoms with Gasteiger partial charge in [0.2, 0.25) is 0 Å². The molecule has 2 atom stereocenters. The summed E-state index contributed by atoms with van der Waals surface area (Å²) in [7, 11) is -3.91. The van der Waals surface area contributed by atoms with Crippen molar-refractivity contribution in [3.63, 3.8) is 0 Å². The van der Waals surface area contributed by atoms with Crippen molar-refractivity contribution in [1.29, 1.82) is 0 Å². The van der Waals surface area contributed by atoms with Crippen LogP contribution in [0.1, 0.15) is 50.3 Å². The third-order valence-electron chi connectivity index (χ3n) is 7.44. The Morgan fingerprint density at radius 3 is 2.32 bits per heavy atom. The number of ether oxygens (including phenoxy) is 2. The number of hydrogen-bond acceptors (Lipinski definition) is 5. The number of aryl methyl sites for hydroxylation is 1. The number of para-hydroxylation sites is 3. The molecule has 7 nitrogen and oxygen atoms in total. The zero-order valence-electron chi connectivity index (χ0n) is 21.3. The number of carbonyl (C=O) groups is 1. The summed E-state index contributed by atoms with van der Waals surface area (Å²) in [4.78, 5) is 13.8. The second-order valence-electron chi connectivity index (χ2n) is 9.72. The molecule has 0 saturated carbocycles. The van der Waals surface area contributed by atoms with E-state index >= 15 is 0 Å². The first-order valence-electron chi connectivity index (χ1n) is 12.7. The Morgan fingerprint density at radius 2 is 1.62 bits per heavy atom. The first-order valence-corrected chi connectivity index (χ1v) is 14.1. The number of amides is 1. The van der Waals surface area contributed by atoms with E-state index in [0.717, 1.165) is 29.7 Å². The lowest BCUT2D eigenvalue weighted by molar-refractivity contribution is -0.129. The molecule has 5 rings (SSSR count). The number of nitrogens with zero attached hydrogens (tertiary/aromatic N) is 1. The first kappa shape index (κ1) is 25.1. The molecule has 0 bridgehead atoms. The van der Waals surface area contributed by atoms with Crippen LogP contribution in [0.3, 0.4) is 0 Å². The standard InChI is InChI=1S/C29H32N2O5S/c1-4-29(5-2)18-23(22-10-6-8-12-25(22)36-29)30-28(32)27-19-31(24-11-7-9-13-26(24)35-27)37(33,34)21-16-14-20(3)15-17-21/h6-17,23,27H,4-5,18-19H2,1-3H3,(H,30,32)/t23-,27-/m0/s1. The summed E-state index contributed by atoms with van der Waals surface area (Å²) in [5.41, 5.74) is 1.91. The van der Waals surface area contributed by atoms with E-state index in [4.69, 9.17) is 9.47 Å². The number of nitrogens with one attached hydrogen (secondary N) is 1. The topological polar surface area (TPSA) is 84.9 Å². The van der Waals surface area contributed by atoms with Gasteiger partial charge in [-0.05, 0) is 50.1 Å². The molecule has 2 aliphatic rings. The van der Waals surface area contributed by atoms with Crippen molar-refractivity contribution in [1.82, 2.24) is 5.32 Å². The fourth-order valence-electron chi connectivity index (χ4n) is 5.10. The minimum Gasteiger partial charge on any atom is -0.487 e. The molecule has 0 aromatic heterocycles. The fraction of sp³-hybridized carbons (Fsp3) is 0.345. The van der Waals surface area contributed by atoms with Crippen LogP contribution in [0.25, 0.3) is 0 Å². The van der Waals surface area contributed by atoms with Crippen LogP contribution in [0.2, 0.25) is 0 Å². The van der Waals surface area contributed by atoms with Gasteiger partial charge in [-0.15, -0.1) is 0 Å². The van der Waals surface area contributed by atoms with Gasteiger partial charge < -0.3 is 14.8 Å². The Hall–Kier alpha value is -3.52. The van der Waals surface area contributed by atoms with Crippen LogP contribution in [0, 0.1) is 6.92 Å². The van der Waals surface area contributed by atoms with Gasteiger partial charge in [0.05, 0.1) is 23.2 Å². The second kappa shape index (κ2) is 9.74. The van der Waals surface area contributed by atoms with Crippen LogP contribution in [0.5, 0.6) is 11.5 Å². The summed E-state index contributed by atoms with van der Waals surface area (Å²) in [6.07, 6.45) is 1.22. The van der Waals surface area contributed by atoms with E-state index in [0.29, 0.717) is 17.9 Å². The largest absolute Gasteiger partial charge is 0.487 e. The van der Waals surface area contributed by atoms with Crippen molar-refractivity contribution in [2.75, 3.05) is 10.8 Å². The van der Waals surface area contributed by atoms with Gasteiger partial charge in [-0.25, -0.2) is 8.42 Å². The van der Waals surface area contributed by atoms with Gasteiger partial charge in [0.1, 0.15) is 17.1 Å². The Morgan fingerprint density at radius 1 is 0.973 bits per heavy atom. The Kier molecular flexibility index (Phi) is 6.62. The van der Waals surface area contributed by atoms with Gasteiger partial charge in [0, 0.05) is 12.0 Å². The van der Waals surface area contributed by atoms with Crippen LogP contribution in [-0.4, -0.2) is 32.6 Å². The highest BCUT2D eigenvalue weighted by Crippen LogP contribution is 2.43. The second-order valence-corrected chi connectivity index (χ2v) is 11.6. The molecular weight excluding hydrogens is 488 g/mol. The van der Waals surface area contributed by atoms with Gasteiger partial charge in [0.25, 0.3) is 15.9 Å². The minimum atomic E-state index is -3.91. The van der Waals surface area contributed by atoms with Crippen molar-refractivity contribution < 1.29 is 22.7 Å². The Bertz CT molecular complexity index is 1400. The highest BCUT2D eigenvalue weighted by molar-refractivity contribution is 7.92. The molecule has 3 aromatic carbocycles. The van der Waals surface area contributed by atoms with Crippen LogP contribution in [-0.2, 0) is 14.8 Å². The zero-order chi connectivity index (χ0) is 26.2. The van der Waals surface area contributed by atoms with Gasteiger partial charge in [-0.1, -0.05) is 61.9 Å². The monoisotopic (exact) mass is 520 g/mol. The number of fused-ring (bicyclic) bond motifs is 2. The molecule has 1 N–H and O–H groups in total. The molecule has 0 unspecified atom stereocenters. The van der Waals surface area contributed by atoms with Gasteiger partial charge in [-0.2, -0.15) is 0 Å². The molecule has 0 fully saturated rings. The van der Waals surface area contributed by atoms with Gasteiger partial charge >= 0.3 is 0 Å². The Balaban J connectivity index is 1.45. The summed E-state index contributed by atoms with van der Waals surface area (Å²) in [5.74, 6) is 0.760. The molecule has 0 aliphatic carbocycles. The van der Waals surface area contributed by atoms with E-state index in [1.807, 2.05) is 31.2 Å². The maximum absolute atomic E-state index is 13.7. The molecule has 2 aliphatic heterocycles. The van der Waals surface area contributed by atoms with Crippen molar-refractivity contribution in [3.8, 4) is 11.5 Å². The molecule has 1 amide bonds. The van der Waals surface area contributed by atoms with Crippen LogP contribution < -0.4 is 19.1 Å². The lowest BCUT2D eigenvalue weighted by Gasteiger charge is -2.42. The van der Waals surface area contributed by atoms with Crippen LogP contribution >= 0.6 is 0 Å². The molecule has 37 heavy (non-hydrogen) atoms. The molecule has 2 heterocycles. The van der Waals surface area contributed by atoms with Crippen LogP contribution in [0.4, 0.5) is 5.69 Å². The zero-order valence-corrected chi connectivity index (χ0v) is 22.1. The average Bonchev–Trinajstić information content (AvgIpc) is 2.92. The van der Waals surface area contributed by atoms with E-state index in [-0.39, 0.29) is 29.0 Å². The quantitative estimate of drug-likeness (QED) is 0.486. The molecule has 194 valence electrons. The molecular formula is C29H32N2O5S. The van der Waals surface area contributed by atoms with Gasteiger partial charge in [0.15, 0.2) is 6.10 Å². The van der Waals surface area contributed by atoms with Gasteiger partial charge in [-0.3, -0.25) is 9.10 Å². The molecule has 0 saturated heterocycles. The molecule has 3 aromatic rings. The summed E-state index contributed by atoms with van der Waals surface area (Å²) in [5, 5.41) is 3.15. The lowest BCUT2D eigenvalue weighted by atomic mass is 9.83. The summed E-state index contributed by atoms with van der Waals surface area (Å²) < 4.78 is 41.0. The normalized spacial score (nSPS) is 20.1. The number of benzene rings is 3. The summed E-state index contributed by atoms with van der Waals surface area (Å²) in [6, 6.07) is 21.1. The van der Waals surface area contributed by atoms with Crippen molar-refractivity contribution >= 4 is 21.6 Å². The van der Waals surface area contributed by atoms with Crippen molar-refractivity contribution in [3.05, 3.63) is 83.9 Å². The molecule has 8 heteroatoms. The summed E-state index contributed by atoms with van der Waals surface area (Å²) >= 11 is 0. The smallest absolute Gasteiger partial charge is 0.264 e.